The quantitative estimate of drug-likeness (QED) is 0.431. The van der Waals surface area contributed by atoms with Gasteiger partial charge in [-0.2, -0.15) is 4.98 Å². The molecule has 4 aromatic rings. The Morgan fingerprint density at radius 2 is 1.85 bits per heavy atom. The fourth-order valence-electron chi connectivity index (χ4n) is 4.00. The van der Waals surface area contributed by atoms with Gasteiger partial charge in [0.05, 0.1) is 12.5 Å². The van der Waals surface area contributed by atoms with Crippen LogP contribution in [0.2, 0.25) is 10.0 Å². The molecule has 0 aliphatic carbocycles. The van der Waals surface area contributed by atoms with E-state index in [1.807, 2.05) is 0 Å². The van der Waals surface area contributed by atoms with Crippen LogP contribution in [0.1, 0.15) is 29.7 Å². The van der Waals surface area contributed by atoms with Crippen LogP contribution in [-0.4, -0.2) is 22.1 Å². The maximum absolute atomic E-state index is 13.2. The highest BCUT2D eigenvalue weighted by Crippen LogP contribution is 2.41. The number of aromatic nitrogens is 2. The van der Waals surface area contributed by atoms with Crippen molar-refractivity contribution in [1.82, 2.24) is 9.55 Å². The van der Waals surface area contributed by atoms with E-state index < -0.39 is 17.5 Å². The van der Waals surface area contributed by atoms with Crippen molar-refractivity contribution in [2.75, 3.05) is 12.3 Å². The fraction of sp³-hybridized carbons (Fsp3) is 0.125. The van der Waals surface area contributed by atoms with Crippen LogP contribution in [0.3, 0.4) is 0 Å². The SMILES string of the molecule is CCOC(=O)C1=c2oc(=O)/c(=C\c3ccccc3Cl)n2-c2oc(N)nc2[C@@H]1c1ccccc1Cl. The third-order valence-electron chi connectivity index (χ3n) is 5.40. The zero-order valence-electron chi connectivity index (χ0n) is 17.7. The summed E-state index contributed by atoms with van der Waals surface area (Å²) in [6, 6.07) is 13.8. The van der Waals surface area contributed by atoms with E-state index in [1.54, 1.807) is 61.5 Å². The number of halogens is 2. The van der Waals surface area contributed by atoms with Crippen molar-refractivity contribution in [2.24, 2.45) is 0 Å². The van der Waals surface area contributed by atoms with Crippen molar-refractivity contribution in [2.45, 2.75) is 12.8 Å². The second-order valence-corrected chi connectivity index (χ2v) is 8.23. The molecule has 1 aliphatic heterocycles. The normalized spacial score (nSPS) is 15.2. The number of carbonyl (C=O) groups is 1. The maximum Gasteiger partial charge on any atom is 0.362 e. The van der Waals surface area contributed by atoms with Gasteiger partial charge in [-0.25, -0.2) is 14.2 Å². The second kappa shape index (κ2) is 8.55. The van der Waals surface area contributed by atoms with Crippen LogP contribution in [0, 0.1) is 0 Å². The fourth-order valence-corrected chi connectivity index (χ4v) is 4.44. The van der Waals surface area contributed by atoms with Gasteiger partial charge in [-0.1, -0.05) is 59.6 Å². The molecule has 1 atom stereocenters. The number of hydrogen-bond acceptors (Lipinski definition) is 7. The lowest BCUT2D eigenvalue weighted by molar-refractivity contribution is -0.136. The number of nitrogen functional groups attached to an aromatic ring is 1. The lowest BCUT2D eigenvalue weighted by Crippen LogP contribution is -2.37. The average molecular weight is 498 g/mol. The van der Waals surface area contributed by atoms with Crippen molar-refractivity contribution in [3.05, 3.63) is 96.7 Å². The molecule has 2 N–H and O–H groups in total. The summed E-state index contributed by atoms with van der Waals surface area (Å²) < 4.78 is 18.0. The molecule has 8 nitrogen and oxygen atoms in total. The smallest absolute Gasteiger partial charge is 0.362 e. The molecule has 5 rings (SSSR count). The molecule has 0 bridgehead atoms. The summed E-state index contributed by atoms with van der Waals surface area (Å²) in [6.45, 7) is 1.78. The number of fused-ring (bicyclic) bond motifs is 3. The van der Waals surface area contributed by atoms with Crippen molar-refractivity contribution in [3.63, 3.8) is 0 Å². The summed E-state index contributed by atoms with van der Waals surface area (Å²) in [7, 11) is 0. The van der Waals surface area contributed by atoms with E-state index >= 15 is 0 Å². The Labute approximate surface area is 202 Å². The first-order valence-electron chi connectivity index (χ1n) is 10.3. The van der Waals surface area contributed by atoms with Gasteiger partial charge in [-0.05, 0) is 36.3 Å². The lowest BCUT2D eigenvalue weighted by atomic mass is 9.87. The Bertz CT molecular complexity index is 1620. The van der Waals surface area contributed by atoms with Gasteiger partial charge in [-0.15, -0.1) is 0 Å². The summed E-state index contributed by atoms with van der Waals surface area (Å²) in [5, 5.41) is 0.876. The molecule has 0 saturated carbocycles. The molecule has 1 aliphatic rings. The first kappa shape index (κ1) is 22.1. The number of nitrogens with two attached hydrogens (primary N) is 1. The predicted molar refractivity (Wildman–Crippen MR) is 126 cm³/mol. The Morgan fingerprint density at radius 1 is 1.15 bits per heavy atom. The number of carbonyl (C=O) groups excluding carboxylic acids is 1. The molecule has 0 spiro atoms. The molecule has 2 aromatic heterocycles. The number of benzene rings is 2. The number of ether oxygens (including phenoxy) is 1. The van der Waals surface area contributed by atoms with E-state index in [2.05, 4.69) is 4.98 Å². The highest BCUT2D eigenvalue weighted by atomic mass is 35.5. The summed E-state index contributed by atoms with van der Waals surface area (Å²) in [6.07, 6.45) is 1.54. The van der Waals surface area contributed by atoms with Crippen LogP contribution in [-0.2, 0) is 9.53 Å². The van der Waals surface area contributed by atoms with Gasteiger partial charge < -0.3 is 19.3 Å². The zero-order valence-corrected chi connectivity index (χ0v) is 19.3. The third-order valence-corrected chi connectivity index (χ3v) is 6.09. The summed E-state index contributed by atoms with van der Waals surface area (Å²) in [4.78, 5) is 30.6. The number of anilines is 1. The standard InChI is InChI=1S/C24H17Cl2N3O5/c1-2-32-23(31)18-17(13-8-4-6-10-15(13)26)19-21(34-24(27)28-19)29-16(22(30)33-20(18)29)11-12-7-3-5-9-14(12)25/h3-11,17H,2H2,1H3,(H2,27,28)/b16-11+/t17-/m1/s1. The molecule has 34 heavy (non-hydrogen) atoms. The minimum absolute atomic E-state index is 0.0478. The lowest BCUT2D eigenvalue weighted by Gasteiger charge is -2.22. The van der Waals surface area contributed by atoms with E-state index in [1.165, 1.54) is 4.57 Å². The van der Waals surface area contributed by atoms with Crippen molar-refractivity contribution >= 4 is 46.8 Å². The third kappa shape index (κ3) is 3.52. The predicted octanol–water partition coefficient (Wildman–Crippen LogP) is 3.00. The van der Waals surface area contributed by atoms with Crippen molar-refractivity contribution < 1.29 is 18.4 Å². The number of oxazole rings is 2. The number of nitrogens with zero attached hydrogens (tertiary/aromatic N) is 2. The molecule has 3 heterocycles. The molecule has 172 valence electrons. The van der Waals surface area contributed by atoms with Crippen LogP contribution in [0.15, 0.2) is 62.2 Å². The monoisotopic (exact) mass is 497 g/mol. The van der Waals surface area contributed by atoms with Gasteiger partial charge in [0.2, 0.25) is 11.4 Å². The highest BCUT2D eigenvalue weighted by Gasteiger charge is 2.40. The Kier molecular flexibility index (Phi) is 5.55. The van der Waals surface area contributed by atoms with Crippen LogP contribution in [0.25, 0.3) is 17.5 Å². The number of rotatable bonds is 4. The van der Waals surface area contributed by atoms with Gasteiger partial charge in [0, 0.05) is 10.0 Å². The molecule has 0 unspecified atom stereocenters. The van der Waals surface area contributed by atoms with Crippen LogP contribution < -0.4 is 22.3 Å². The topological polar surface area (TPSA) is 113 Å². The summed E-state index contributed by atoms with van der Waals surface area (Å²) in [5.74, 6) is -1.40. The van der Waals surface area contributed by atoms with Crippen LogP contribution >= 0.6 is 23.2 Å². The summed E-state index contributed by atoms with van der Waals surface area (Å²) >= 11 is 12.8. The number of hydrogen-bond donors (Lipinski definition) is 1. The van der Waals surface area contributed by atoms with Gasteiger partial charge >= 0.3 is 11.6 Å². The van der Waals surface area contributed by atoms with Crippen molar-refractivity contribution in [1.29, 1.82) is 0 Å². The Hall–Kier alpha value is -3.75. The van der Waals surface area contributed by atoms with E-state index in [-0.39, 0.29) is 35.0 Å². The van der Waals surface area contributed by atoms with Gasteiger partial charge in [0.25, 0.3) is 6.01 Å². The van der Waals surface area contributed by atoms with E-state index in [0.717, 1.165) is 0 Å². The van der Waals surface area contributed by atoms with E-state index in [9.17, 15) is 9.59 Å². The van der Waals surface area contributed by atoms with E-state index in [4.69, 9.17) is 42.5 Å². The molecule has 2 aromatic carbocycles. The van der Waals surface area contributed by atoms with Gasteiger partial charge in [-0.3, -0.25) is 0 Å². The molecule has 0 radical (unpaired) electrons. The minimum Gasteiger partial charge on any atom is -0.462 e. The second-order valence-electron chi connectivity index (χ2n) is 7.41. The number of esters is 1. The Balaban J connectivity index is 1.94. The maximum atomic E-state index is 13.2. The largest absolute Gasteiger partial charge is 0.462 e. The van der Waals surface area contributed by atoms with Crippen LogP contribution in [0.4, 0.5) is 6.01 Å². The van der Waals surface area contributed by atoms with E-state index in [0.29, 0.717) is 26.9 Å². The molecule has 0 amide bonds. The first-order valence-corrected chi connectivity index (χ1v) is 11.1. The first-order chi connectivity index (χ1) is 16.4. The minimum atomic E-state index is -0.845. The van der Waals surface area contributed by atoms with Crippen molar-refractivity contribution in [3.8, 4) is 5.88 Å². The molecule has 0 fully saturated rings. The summed E-state index contributed by atoms with van der Waals surface area (Å²) in [5.41, 5.74) is 6.60. The molecular weight excluding hydrogens is 481 g/mol. The molecule has 10 heteroatoms. The van der Waals surface area contributed by atoms with Gasteiger partial charge in [0.1, 0.15) is 16.6 Å². The van der Waals surface area contributed by atoms with Crippen LogP contribution in [0.5, 0.6) is 0 Å². The molecular formula is C24H17Cl2N3O5. The Morgan fingerprint density at radius 3 is 2.56 bits per heavy atom. The average Bonchev–Trinajstić information content (AvgIpc) is 3.34. The molecule has 0 saturated heterocycles. The highest BCUT2D eigenvalue weighted by molar-refractivity contribution is 6.32. The zero-order chi connectivity index (χ0) is 24.0. The van der Waals surface area contributed by atoms with Gasteiger partial charge in [0.15, 0.2) is 0 Å².